The highest BCUT2D eigenvalue weighted by Crippen LogP contribution is 2.37. The number of nitrogens with one attached hydrogen (secondary N) is 1. The Hall–Kier alpha value is -1.01. The number of amides is 1. The summed E-state index contributed by atoms with van der Waals surface area (Å²) < 4.78 is 1.07. The van der Waals surface area contributed by atoms with Gasteiger partial charge in [0, 0.05) is 23.8 Å². The number of nitrogens with zero attached hydrogens (tertiary/aromatic N) is 1. The van der Waals surface area contributed by atoms with Crippen molar-refractivity contribution in [3.8, 4) is 0 Å². The van der Waals surface area contributed by atoms with E-state index in [2.05, 4.69) is 10.5 Å². The van der Waals surface area contributed by atoms with Gasteiger partial charge in [-0.05, 0) is 19.9 Å². The molecular weight excluding hydrogens is 256 g/mol. The highest BCUT2D eigenvalue weighted by molar-refractivity contribution is 8.01. The van der Waals surface area contributed by atoms with Gasteiger partial charge in [0.25, 0.3) is 5.91 Å². The monoisotopic (exact) mass is 270 g/mol. The largest absolute Gasteiger partial charge is 0.411 e. The Morgan fingerprint density at radius 1 is 1.59 bits per heavy atom. The highest BCUT2D eigenvalue weighted by Gasteiger charge is 2.22. The number of carbonyl (C=O) groups is 1. The van der Waals surface area contributed by atoms with E-state index >= 15 is 0 Å². The Morgan fingerprint density at radius 2 is 2.35 bits per heavy atom. The number of rotatable bonds is 2. The standard InChI is InChI=1S/C11H14N2O2S2/c1-6(2)12-10(14)9-5-7-8(13-15)3-4-16-11(7)17-9/h5-6,15H,3-4H2,1-2H3,(H,12,14). The van der Waals surface area contributed by atoms with Crippen LogP contribution in [0.4, 0.5) is 0 Å². The van der Waals surface area contributed by atoms with Crippen LogP contribution in [-0.2, 0) is 0 Å². The molecule has 1 aliphatic heterocycles. The number of fused-ring (bicyclic) bond motifs is 1. The molecule has 2 heterocycles. The smallest absolute Gasteiger partial charge is 0.261 e. The van der Waals surface area contributed by atoms with Crippen LogP contribution in [0, 0.1) is 0 Å². The zero-order valence-electron chi connectivity index (χ0n) is 9.69. The summed E-state index contributed by atoms with van der Waals surface area (Å²) >= 11 is 3.18. The molecule has 0 bridgehead atoms. The van der Waals surface area contributed by atoms with Crippen molar-refractivity contribution in [2.75, 3.05) is 5.75 Å². The van der Waals surface area contributed by atoms with E-state index in [9.17, 15) is 4.79 Å². The van der Waals surface area contributed by atoms with Crippen molar-refractivity contribution in [2.24, 2.45) is 5.16 Å². The maximum Gasteiger partial charge on any atom is 0.261 e. The van der Waals surface area contributed by atoms with Crippen molar-refractivity contribution < 1.29 is 10.0 Å². The summed E-state index contributed by atoms with van der Waals surface area (Å²) in [6.45, 7) is 3.86. The minimum absolute atomic E-state index is 0.0581. The predicted molar refractivity (Wildman–Crippen MR) is 70.6 cm³/mol. The molecule has 2 rings (SSSR count). The lowest BCUT2D eigenvalue weighted by atomic mass is 10.1. The number of carbonyl (C=O) groups excluding carboxylic acids is 1. The zero-order chi connectivity index (χ0) is 12.4. The minimum atomic E-state index is -0.0581. The number of hydrogen-bond donors (Lipinski definition) is 2. The summed E-state index contributed by atoms with van der Waals surface area (Å²) in [5.74, 6) is 0.843. The summed E-state index contributed by atoms with van der Waals surface area (Å²) in [5, 5.41) is 15.1. The van der Waals surface area contributed by atoms with Crippen LogP contribution in [0.15, 0.2) is 15.4 Å². The van der Waals surface area contributed by atoms with Crippen molar-refractivity contribution in [1.82, 2.24) is 5.32 Å². The average molecular weight is 270 g/mol. The molecule has 17 heavy (non-hydrogen) atoms. The van der Waals surface area contributed by atoms with Gasteiger partial charge in [-0.3, -0.25) is 4.79 Å². The van der Waals surface area contributed by atoms with E-state index in [0.717, 1.165) is 21.9 Å². The van der Waals surface area contributed by atoms with Crippen LogP contribution in [0.3, 0.4) is 0 Å². The van der Waals surface area contributed by atoms with Gasteiger partial charge in [0.2, 0.25) is 0 Å². The van der Waals surface area contributed by atoms with Crippen molar-refractivity contribution in [1.29, 1.82) is 0 Å². The molecule has 0 atom stereocenters. The van der Waals surface area contributed by atoms with E-state index in [1.165, 1.54) is 11.3 Å². The number of oxime groups is 1. The molecule has 0 fully saturated rings. The second-order valence-corrected chi connectivity index (χ2v) is 6.50. The molecule has 1 aromatic heterocycles. The van der Waals surface area contributed by atoms with Gasteiger partial charge in [-0.15, -0.1) is 23.1 Å². The fourth-order valence-corrected chi connectivity index (χ4v) is 3.99. The lowest BCUT2D eigenvalue weighted by molar-refractivity contribution is 0.0947. The Bertz CT molecular complexity index is 466. The molecule has 0 saturated heterocycles. The maximum absolute atomic E-state index is 11.9. The summed E-state index contributed by atoms with van der Waals surface area (Å²) in [5.41, 5.74) is 1.58. The number of thioether (sulfide) groups is 1. The Balaban J connectivity index is 2.28. The molecule has 1 amide bonds. The van der Waals surface area contributed by atoms with E-state index in [1.54, 1.807) is 11.8 Å². The molecule has 0 saturated carbocycles. The number of thiophene rings is 1. The molecule has 6 heteroatoms. The SMILES string of the molecule is CC(C)NC(=O)c1cc2c(s1)SCCC2=NO. The second kappa shape index (κ2) is 5.10. The molecule has 0 spiro atoms. The third kappa shape index (κ3) is 2.63. The van der Waals surface area contributed by atoms with E-state index in [1.807, 2.05) is 19.9 Å². The molecular formula is C11H14N2O2S2. The Labute approximate surface area is 108 Å². The van der Waals surface area contributed by atoms with Gasteiger partial charge >= 0.3 is 0 Å². The first-order chi connectivity index (χ1) is 8.11. The van der Waals surface area contributed by atoms with Crippen molar-refractivity contribution in [3.05, 3.63) is 16.5 Å². The maximum atomic E-state index is 11.9. The van der Waals surface area contributed by atoms with E-state index in [-0.39, 0.29) is 11.9 Å². The Morgan fingerprint density at radius 3 is 3.00 bits per heavy atom. The first kappa shape index (κ1) is 12.4. The van der Waals surface area contributed by atoms with Crippen LogP contribution >= 0.6 is 23.1 Å². The van der Waals surface area contributed by atoms with Gasteiger partial charge in [0.1, 0.15) is 0 Å². The van der Waals surface area contributed by atoms with Gasteiger partial charge < -0.3 is 10.5 Å². The first-order valence-corrected chi connectivity index (χ1v) is 7.21. The quantitative estimate of drug-likeness (QED) is 0.641. The van der Waals surface area contributed by atoms with Crippen LogP contribution in [-0.4, -0.2) is 28.6 Å². The molecule has 2 N–H and O–H groups in total. The van der Waals surface area contributed by atoms with E-state index < -0.39 is 0 Å². The summed E-state index contributed by atoms with van der Waals surface area (Å²) in [6, 6.07) is 1.94. The number of hydrogen-bond acceptors (Lipinski definition) is 5. The van der Waals surface area contributed by atoms with Crippen LogP contribution in [0.1, 0.15) is 35.5 Å². The normalized spacial score (nSPS) is 17.2. The van der Waals surface area contributed by atoms with Crippen molar-refractivity contribution >= 4 is 34.7 Å². The summed E-state index contributed by atoms with van der Waals surface area (Å²) in [4.78, 5) is 12.5. The van der Waals surface area contributed by atoms with Gasteiger partial charge in [-0.25, -0.2) is 0 Å². The molecule has 92 valence electrons. The van der Waals surface area contributed by atoms with Crippen LogP contribution in [0.25, 0.3) is 0 Å². The predicted octanol–water partition coefficient (Wildman–Crippen LogP) is 2.56. The average Bonchev–Trinajstić information content (AvgIpc) is 2.71. The molecule has 0 aliphatic carbocycles. The fraction of sp³-hybridized carbons (Fsp3) is 0.455. The van der Waals surface area contributed by atoms with Crippen LogP contribution in [0.2, 0.25) is 0 Å². The van der Waals surface area contributed by atoms with E-state index in [4.69, 9.17) is 5.21 Å². The van der Waals surface area contributed by atoms with Gasteiger partial charge in [-0.1, -0.05) is 5.16 Å². The summed E-state index contributed by atoms with van der Waals surface area (Å²) in [6.07, 6.45) is 0.746. The molecule has 0 aromatic carbocycles. The van der Waals surface area contributed by atoms with Crippen molar-refractivity contribution in [2.45, 2.75) is 30.5 Å². The summed E-state index contributed by atoms with van der Waals surface area (Å²) in [7, 11) is 0. The third-order valence-electron chi connectivity index (χ3n) is 2.35. The minimum Gasteiger partial charge on any atom is -0.411 e. The lowest BCUT2D eigenvalue weighted by Crippen LogP contribution is -2.29. The first-order valence-electron chi connectivity index (χ1n) is 5.40. The highest BCUT2D eigenvalue weighted by atomic mass is 32.2. The van der Waals surface area contributed by atoms with E-state index in [0.29, 0.717) is 10.6 Å². The van der Waals surface area contributed by atoms with Crippen molar-refractivity contribution in [3.63, 3.8) is 0 Å². The lowest BCUT2D eigenvalue weighted by Gasteiger charge is -2.10. The topological polar surface area (TPSA) is 61.7 Å². The molecule has 0 unspecified atom stereocenters. The molecule has 4 nitrogen and oxygen atoms in total. The second-order valence-electron chi connectivity index (χ2n) is 4.09. The Kier molecular flexibility index (Phi) is 3.73. The van der Waals surface area contributed by atoms with Crippen LogP contribution in [0.5, 0.6) is 0 Å². The van der Waals surface area contributed by atoms with Gasteiger partial charge in [0.05, 0.1) is 14.8 Å². The van der Waals surface area contributed by atoms with Gasteiger partial charge in [0.15, 0.2) is 0 Å². The molecule has 1 aromatic rings. The zero-order valence-corrected chi connectivity index (χ0v) is 11.3. The molecule has 0 radical (unpaired) electrons. The molecule has 1 aliphatic rings. The third-order valence-corrected chi connectivity index (χ3v) is 4.77. The van der Waals surface area contributed by atoms with Gasteiger partial charge in [-0.2, -0.15) is 0 Å². The fourth-order valence-electron chi connectivity index (χ4n) is 1.61. The van der Waals surface area contributed by atoms with Crippen LogP contribution < -0.4 is 5.32 Å².